The minimum Gasteiger partial charge on any atom is -0.332 e. The molecule has 5 rings (SSSR count). The van der Waals surface area contributed by atoms with E-state index in [4.69, 9.17) is 11.6 Å². The first-order valence-electron chi connectivity index (χ1n) is 12.2. The molecule has 0 bridgehead atoms. The number of benzene rings is 3. The number of aromatic nitrogens is 1. The number of carbonyl (C=O) groups excluding carboxylic acids is 1. The van der Waals surface area contributed by atoms with E-state index in [-0.39, 0.29) is 23.4 Å². The Hall–Kier alpha value is -3.20. The minimum absolute atomic E-state index is 0.0269. The van der Waals surface area contributed by atoms with Gasteiger partial charge in [0, 0.05) is 29.0 Å². The third-order valence-electron chi connectivity index (χ3n) is 6.58. The molecule has 3 aromatic carbocycles. The van der Waals surface area contributed by atoms with Crippen LogP contribution >= 0.6 is 27.5 Å². The summed E-state index contributed by atoms with van der Waals surface area (Å²) >= 11 is 9.91. The van der Waals surface area contributed by atoms with Crippen LogP contribution in [0, 0.1) is 0 Å². The molecule has 1 aliphatic rings. The van der Waals surface area contributed by atoms with Crippen LogP contribution in [-0.4, -0.2) is 30.8 Å². The maximum atomic E-state index is 14.0. The second-order valence-electron chi connectivity index (χ2n) is 9.07. The highest BCUT2D eigenvalue weighted by molar-refractivity contribution is 9.10. The van der Waals surface area contributed by atoms with E-state index < -0.39 is 10.0 Å². The number of rotatable bonds is 7. The zero-order valence-electron chi connectivity index (χ0n) is 20.4. The highest BCUT2D eigenvalue weighted by Crippen LogP contribution is 2.35. The van der Waals surface area contributed by atoms with Crippen LogP contribution in [0.25, 0.3) is 0 Å². The van der Waals surface area contributed by atoms with Crippen molar-refractivity contribution in [1.29, 1.82) is 0 Å². The molecule has 0 aliphatic carbocycles. The Bertz CT molecular complexity index is 1570. The molecule has 1 fully saturated rings. The quantitative estimate of drug-likeness (QED) is 0.229. The monoisotopic (exact) mass is 609 g/mol. The SMILES string of the molecule is O=C(c1cccc(S(=O)(=O)N(Cc2ccccc2)c2ccccc2Cl)c1)N1CCCC1c1cncc(Br)c1. The number of likely N-dealkylation sites (tertiary alicyclic amines) is 1. The minimum atomic E-state index is -4.06. The Morgan fingerprint density at radius 3 is 2.53 bits per heavy atom. The molecule has 6 nitrogen and oxygen atoms in total. The van der Waals surface area contributed by atoms with Crippen LogP contribution < -0.4 is 4.31 Å². The average Bonchev–Trinajstić information content (AvgIpc) is 3.43. The van der Waals surface area contributed by atoms with Crippen molar-refractivity contribution < 1.29 is 13.2 Å². The average molecular weight is 611 g/mol. The molecule has 1 amide bonds. The summed E-state index contributed by atoms with van der Waals surface area (Å²) in [6.45, 7) is 0.682. The van der Waals surface area contributed by atoms with Gasteiger partial charge in [-0.25, -0.2) is 8.42 Å². The lowest BCUT2D eigenvalue weighted by molar-refractivity contribution is 0.0735. The van der Waals surface area contributed by atoms with E-state index in [0.29, 0.717) is 22.8 Å². The number of hydrogen-bond acceptors (Lipinski definition) is 4. The first kappa shape index (κ1) is 26.4. The molecule has 1 unspecified atom stereocenters. The van der Waals surface area contributed by atoms with Gasteiger partial charge in [0.05, 0.1) is 28.2 Å². The second-order valence-corrected chi connectivity index (χ2v) is 12.3. The summed E-state index contributed by atoms with van der Waals surface area (Å²) in [6.07, 6.45) is 5.16. The lowest BCUT2D eigenvalue weighted by Gasteiger charge is -2.27. The van der Waals surface area contributed by atoms with Crippen molar-refractivity contribution in [3.8, 4) is 0 Å². The molecule has 0 saturated carbocycles. The fraction of sp³-hybridized carbons (Fsp3) is 0.172. The topological polar surface area (TPSA) is 70.6 Å². The Labute approximate surface area is 236 Å². The normalized spacial score (nSPS) is 15.4. The Morgan fingerprint density at radius 2 is 1.76 bits per heavy atom. The van der Waals surface area contributed by atoms with Gasteiger partial charge in [-0.3, -0.25) is 14.1 Å². The van der Waals surface area contributed by atoms with Crippen molar-refractivity contribution in [1.82, 2.24) is 9.88 Å². The summed E-state index contributed by atoms with van der Waals surface area (Å²) in [5.74, 6) is -0.211. The number of nitrogens with zero attached hydrogens (tertiary/aromatic N) is 3. The van der Waals surface area contributed by atoms with Crippen molar-refractivity contribution in [2.75, 3.05) is 10.8 Å². The molecule has 2 heterocycles. The predicted octanol–water partition coefficient (Wildman–Crippen LogP) is 6.87. The van der Waals surface area contributed by atoms with E-state index in [0.717, 1.165) is 28.4 Å². The number of para-hydroxylation sites is 1. The van der Waals surface area contributed by atoms with Gasteiger partial charge in [0.2, 0.25) is 0 Å². The van der Waals surface area contributed by atoms with Crippen LogP contribution in [0.5, 0.6) is 0 Å². The zero-order valence-corrected chi connectivity index (χ0v) is 23.5. The number of sulfonamides is 1. The Balaban J connectivity index is 1.49. The molecule has 1 aromatic heterocycles. The molecular weight excluding hydrogens is 586 g/mol. The Kier molecular flexibility index (Phi) is 7.83. The fourth-order valence-corrected chi connectivity index (χ4v) is 6.94. The predicted molar refractivity (Wildman–Crippen MR) is 153 cm³/mol. The van der Waals surface area contributed by atoms with Gasteiger partial charge in [-0.2, -0.15) is 0 Å². The van der Waals surface area contributed by atoms with Crippen LogP contribution in [0.1, 0.15) is 40.4 Å². The lowest BCUT2D eigenvalue weighted by atomic mass is 10.1. The van der Waals surface area contributed by atoms with Crippen LogP contribution in [-0.2, 0) is 16.6 Å². The van der Waals surface area contributed by atoms with E-state index in [1.165, 1.54) is 16.4 Å². The number of carbonyl (C=O) groups is 1. The van der Waals surface area contributed by atoms with Crippen molar-refractivity contribution in [3.63, 3.8) is 0 Å². The smallest absolute Gasteiger partial charge is 0.264 e. The number of amides is 1. The van der Waals surface area contributed by atoms with Gasteiger partial charge >= 0.3 is 0 Å². The maximum Gasteiger partial charge on any atom is 0.264 e. The summed E-state index contributed by atoms with van der Waals surface area (Å²) in [5, 5.41) is 0.321. The molecule has 1 aliphatic heterocycles. The summed E-state index contributed by atoms with van der Waals surface area (Å²) in [6, 6.07) is 24.3. The van der Waals surface area contributed by atoms with Gasteiger partial charge in [-0.05, 0) is 76.3 Å². The van der Waals surface area contributed by atoms with E-state index in [2.05, 4.69) is 20.9 Å². The van der Waals surface area contributed by atoms with Crippen LogP contribution in [0.3, 0.4) is 0 Å². The zero-order chi connectivity index (χ0) is 26.7. The van der Waals surface area contributed by atoms with E-state index >= 15 is 0 Å². The molecule has 1 atom stereocenters. The summed E-state index contributed by atoms with van der Waals surface area (Å²) in [5.41, 5.74) is 2.45. The third-order valence-corrected chi connectivity index (χ3v) is 9.09. The fourth-order valence-electron chi connectivity index (χ4n) is 4.75. The lowest BCUT2D eigenvalue weighted by Crippen LogP contribution is -2.32. The van der Waals surface area contributed by atoms with Gasteiger partial charge in [-0.15, -0.1) is 0 Å². The van der Waals surface area contributed by atoms with Crippen molar-refractivity contribution in [2.24, 2.45) is 0 Å². The van der Waals surface area contributed by atoms with Gasteiger partial charge in [0.15, 0.2) is 0 Å². The highest BCUT2D eigenvalue weighted by Gasteiger charge is 2.32. The van der Waals surface area contributed by atoms with E-state index in [1.807, 2.05) is 36.4 Å². The molecule has 9 heteroatoms. The first-order valence-corrected chi connectivity index (χ1v) is 14.8. The summed E-state index contributed by atoms with van der Waals surface area (Å²) < 4.78 is 30.2. The molecule has 38 heavy (non-hydrogen) atoms. The van der Waals surface area contributed by atoms with Crippen LogP contribution in [0.15, 0.2) is 107 Å². The van der Waals surface area contributed by atoms with Gasteiger partial charge in [0.25, 0.3) is 15.9 Å². The number of pyridine rings is 1. The van der Waals surface area contributed by atoms with Crippen molar-refractivity contribution >= 4 is 49.1 Å². The van der Waals surface area contributed by atoms with Gasteiger partial charge in [-0.1, -0.05) is 60.1 Å². The molecule has 0 radical (unpaired) electrons. The third kappa shape index (κ3) is 5.48. The highest BCUT2D eigenvalue weighted by atomic mass is 79.9. The molecule has 1 saturated heterocycles. The molecule has 0 spiro atoms. The standard InChI is InChI=1S/C29H25BrClN3O3S/c30-24-16-23(18-32-19-24)27-14-7-15-33(27)29(35)22-10-6-11-25(17-22)38(36,37)34(20-21-8-2-1-3-9-21)28-13-5-4-12-26(28)31/h1-6,8-13,16-19,27H,7,14-15,20H2. The van der Waals surface area contributed by atoms with E-state index in [1.54, 1.807) is 53.7 Å². The summed E-state index contributed by atoms with van der Waals surface area (Å²) in [7, 11) is -4.06. The number of halogens is 2. The van der Waals surface area contributed by atoms with E-state index in [9.17, 15) is 13.2 Å². The van der Waals surface area contributed by atoms with Crippen molar-refractivity contribution in [2.45, 2.75) is 30.3 Å². The van der Waals surface area contributed by atoms with Gasteiger partial charge in [0.1, 0.15) is 0 Å². The number of anilines is 1. The maximum absolute atomic E-state index is 14.0. The first-order chi connectivity index (χ1) is 18.3. The molecular formula is C29H25BrClN3O3S. The second kappa shape index (κ2) is 11.3. The number of hydrogen-bond donors (Lipinski definition) is 0. The van der Waals surface area contributed by atoms with Crippen molar-refractivity contribution in [3.05, 3.63) is 124 Å². The van der Waals surface area contributed by atoms with Crippen LogP contribution in [0.4, 0.5) is 5.69 Å². The largest absolute Gasteiger partial charge is 0.332 e. The molecule has 4 aromatic rings. The molecule has 194 valence electrons. The summed E-state index contributed by atoms with van der Waals surface area (Å²) in [4.78, 5) is 19.7. The Morgan fingerprint density at radius 1 is 1.00 bits per heavy atom. The van der Waals surface area contributed by atoms with Crippen LogP contribution in [0.2, 0.25) is 5.02 Å². The van der Waals surface area contributed by atoms with Gasteiger partial charge < -0.3 is 4.90 Å². The molecule has 0 N–H and O–H groups in total.